The van der Waals surface area contributed by atoms with Crippen LogP contribution >= 0.6 is 0 Å². The predicted octanol–water partition coefficient (Wildman–Crippen LogP) is 0.432. The van der Waals surface area contributed by atoms with Gasteiger partial charge in [0, 0.05) is 13.1 Å². The molecule has 2 aromatic carbocycles. The van der Waals surface area contributed by atoms with E-state index in [1.54, 1.807) is 11.8 Å². The van der Waals surface area contributed by atoms with E-state index in [2.05, 4.69) is 4.98 Å². The first-order chi connectivity index (χ1) is 16.8. The molecule has 182 valence electrons. The van der Waals surface area contributed by atoms with Gasteiger partial charge in [-0.2, -0.15) is 0 Å². The second kappa shape index (κ2) is 9.98. The Morgan fingerprint density at radius 1 is 1.06 bits per heavy atom. The average Bonchev–Trinajstić information content (AvgIpc) is 2.84. The minimum Gasteiger partial charge on any atom is -0.383 e. The fourth-order valence-electron chi connectivity index (χ4n) is 4.50. The summed E-state index contributed by atoms with van der Waals surface area (Å²) in [7, 11) is 0. The molecule has 5 N–H and O–H groups in total. The molecule has 0 saturated carbocycles. The summed E-state index contributed by atoms with van der Waals surface area (Å²) in [5, 5.41) is 0. The average molecular weight is 477 g/mol. The maximum absolute atomic E-state index is 13.4. The number of nitrogens with one attached hydrogen (secondary N) is 1. The van der Waals surface area contributed by atoms with Crippen molar-refractivity contribution in [2.45, 2.75) is 32.5 Å². The molecule has 0 radical (unpaired) electrons. The van der Waals surface area contributed by atoms with E-state index in [4.69, 9.17) is 11.5 Å². The van der Waals surface area contributed by atoms with Gasteiger partial charge in [-0.05, 0) is 30.0 Å². The lowest BCUT2D eigenvalue weighted by Gasteiger charge is -2.35. The van der Waals surface area contributed by atoms with E-state index >= 15 is 0 Å². The number of hydrogen-bond donors (Lipinski definition) is 3. The standard InChI is InChI=1S/C25H28N6O4/c1-2-30(20(32)15-29-14-18-11-7-6-10-17(18)12-19(29)23(27)33)21-22(26)31(25(35)28-24(21)34)13-16-8-4-3-5-9-16/h3-11,19H,2,12-15,26H2,1H3,(H2,27,33)(H,28,34,35). The van der Waals surface area contributed by atoms with Crippen LogP contribution in [0.15, 0.2) is 64.2 Å². The van der Waals surface area contributed by atoms with E-state index in [0.29, 0.717) is 13.0 Å². The zero-order valence-corrected chi connectivity index (χ0v) is 19.4. The lowest BCUT2D eigenvalue weighted by molar-refractivity contribution is -0.126. The van der Waals surface area contributed by atoms with Crippen molar-refractivity contribution in [3.05, 3.63) is 92.1 Å². The second-order valence-electron chi connectivity index (χ2n) is 8.50. The number of nitrogens with two attached hydrogens (primary N) is 2. The number of benzene rings is 2. The molecule has 2 amide bonds. The normalized spacial score (nSPS) is 15.4. The Morgan fingerprint density at radius 3 is 2.37 bits per heavy atom. The number of carbonyl (C=O) groups is 2. The number of H-pyrrole nitrogens is 1. The van der Waals surface area contributed by atoms with Gasteiger partial charge in [-0.15, -0.1) is 0 Å². The number of aromatic nitrogens is 2. The van der Waals surface area contributed by atoms with Crippen molar-refractivity contribution in [1.29, 1.82) is 0 Å². The molecule has 35 heavy (non-hydrogen) atoms. The van der Waals surface area contributed by atoms with Crippen LogP contribution in [0, 0.1) is 0 Å². The minimum atomic E-state index is -0.748. The number of rotatable bonds is 7. The van der Waals surface area contributed by atoms with Crippen LogP contribution in [0.25, 0.3) is 0 Å². The molecule has 10 heteroatoms. The third-order valence-electron chi connectivity index (χ3n) is 6.30. The summed E-state index contributed by atoms with van der Waals surface area (Å²) in [5.74, 6) is -1.06. The maximum Gasteiger partial charge on any atom is 0.330 e. The van der Waals surface area contributed by atoms with Crippen LogP contribution in [0.3, 0.4) is 0 Å². The van der Waals surface area contributed by atoms with Crippen molar-refractivity contribution >= 4 is 23.3 Å². The lowest BCUT2D eigenvalue weighted by Crippen LogP contribution is -2.53. The van der Waals surface area contributed by atoms with E-state index in [1.807, 2.05) is 54.6 Å². The largest absolute Gasteiger partial charge is 0.383 e. The van der Waals surface area contributed by atoms with Crippen molar-refractivity contribution < 1.29 is 9.59 Å². The Bertz CT molecular complexity index is 1360. The first kappa shape index (κ1) is 24.0. The molecule has 0 saturated heterocycles. The van der Waals surface area contributed by atoms with Gasteiger partial charge in [-0.25, -0.2) is 4.79 Å². The van der Waals surface area contributed by atoms with Crippen LogP contribution in [0.2, 0.25) is 0 Å². The molecular formula is C25H28N6O4. The topological polar surface area (TPSA) is 148 Å². The molecule has 10 nitrogen and oxygen atoms in total. The fourth-order valence-corrected chi connectivity index (χ4v) is 4.50. The van der Waals surface area contributed by atoms with Crippen molar-refractivity contribution in [2.24, 2.45) is 5.73 Å². The van der Waals surface area contributed by atoms with Gasteiger partial charge in [0.05, 0.1) is 19.1 Å². The number of hydrogen-bond acceptors (Lipinski definition) is 6. The third kappa shape index (κ3) is 4.87. The van der Waals surface area contributed by atoms with E-state index < -0.39 is 29.1 Å². The predicted molar refractivity (Wildman–Crippen MR) is 133 cm³/mol. The first-order valence-electron chi connectivity index (χ1n) is 11.4. The highest BCUT2D eigenvalue weighted by Crippen LogP contribution is 2.24. The molecule has 0 bridgehead atoms. The zero-order chi connectivity index (χ0) is 25.1. The Balaban J connectivity index is 1.65. The molecule has 0 spiro atoms. The number of nitrogens with zero attached hydrogens (tertiary/aromatic N) is 3. The first-order valence-corrected chi connectivity index (χ1v) is 11.4. The molecule has 1 unspecified atom stereocenters. The Kier molecular flexibility index (Phi) is 6.83. The van der Waals surface area contributed by atoms with Gasteiger partial charge >= 0.3 is 5.69 Å². The summed E-state index contributed by atoms with van der Waals surface area (Å²) in [6.07, 6.45) is 0.398. The number of likely N-dealkylation sites (N-methyl/N-ethyl adjacent to an activating group) is 1. The van der Waals surface area contributed by atoms with Gasteiger partial charge in [-0.1, -0.05) is 54.6 Å². The highest BCUT2D eigenvalue weighted by Gasteiger charge is 2.33. The second-order valence-corrected chi connectivity index (χ2v) is 8.50. The Labute approximate surface area is 201 Å². The summed E-state index contributed by atoms with van der Waals surface area (Å²) in [6.45, 7) is 2.20. The summed E-state index contributed by atoms with van der Waals surface area (Å²) >= 11 is 0. The minimum absolute atomic E-state index is 0.0962. The van der Waals surface area contributed by atoms with E-state index in [1.165, 1.54) is 9.47 Å². The van der Waals surface area contributed by atoms with Crippen LogP contribution < -0.4 is 27.6 Å². The molecule has 1 aliphatic rings. The number of aromatic amines is 1. The number of nitrogen functional groups attached to an aromatic ring is 1. The van der Waals surface area contributed by atoms with Gasteiger partial charge in [0.25, 0.3) is 5.56 Å². The monoisotopic (exact) mass is 476 g/mol. The Morgan fingerprint density at radius 2 is 1.71 bits per heavy atom. The molecule has 0 fully saturated rings. The highest BCUT2D eigenvalue weighted by molar-refractivity contribution is 5.97. The number of anilines is 2. The smallest absolute Gasteiger partial charge is 0.330 e. The summed E-state index contributed by atoms with van der Waals surface area (Å²) < 4.78 is 1.23. The van der Waals surface area contributed by atoms with Crippen LogP contribution in [-0.2, 0) is 29.1 Å². The van der Waals surface area contributed by atoms with E-state index in [9.17, 15) is 19.2 Å². The molecule has 4 rings (SSSR count). The quantitative estimate of drug-likeness (QED) is 0.451. The van der Waals surface area contributed by atoms with Gasteiger partial charge < -0.3 is 16.4 Å². The molecule has 2 heterocycles. The highest BCUT2D eigenvalue weighted by atomic mass is 16.2. The molecule has 1 atom stereocenters. The van der Waals surface area contributed by atoms with Gasteiger partial charge in [0.1, 0.15) is 5.82 Å². The van der Waals surface area contributed by atoms with E-state index in [-0.39, 0.29) is 31.1 Å². The molecular weight excluding hydrogens is 448 g/mol. The summed E-state index contributed by atoms with van der Waals surface area (Å²) in [4.78, 5) is 56.1. The lowest BCUT2D eigenvalue weighted by atomic mass is 9.93. The van der Waals surface area contributed by atoms with Crippen molar-refractivity contribution in [2.75, 3.05) is 23.7 Å². The summed E-state index contributed by atoms with van der Waals surface area (Å²) in [5.41, 5.74) is 13.3. The Hall–Kier alpha value is -4.18. The van der Waals surface area contributed by atoms with E-state index in [0.717, 1.165) is 16.7 Å². The maximum atomic E-state index is 13.4. The molecule has 1 aromatic heterocycles. The van der Waals surface area contributed by atoms with Gasteiger partial charge in [0.15, 0.2) is 5.69 Å². The van der Waals surface area contributed by atoms with Crippen molar-refractivity contribution in [3.63, 3.8) is 0 Å². The third-order valence-corrected chi connectivity index (χ3v) is 6.30. The number of carbonyl (C=O) groups excluding carboxylic acids is 2. The SMILES string of the molecule is CCN(C(=O)CN1Cc2ccccc2CC1C(N)=O)c1c(N)n(Cc2ccccc2)c(=O)[nH]c1=O. The van der Waals surface area contributed by atoms with Gasteiger partial charge in [-0.3, -0.25) is 28.8 Å². The van der Waals surface area contributed by atoms with Gasteiger partial charge in [0.2, 0.25) is 11.8 Å². The van der Waals surface area contributed by atoms with Crippen molar-refractivity contribution in [3.8, 4) is 0 Å². The van der Waals surface area contributed by atoms with Crippen LogP contribution in [0.1, 0.15) is 23.6 Å². The number of amides is 2. The molecule has 0 aliphatic carbocycles. The summed E-state index contributed by atoms with van der Waals surface area (Å²) in [6, 6.07) is 16.2. The van der Waals surface area contributed by atoms with Crippen LogP contribution in [0.4, 0.5) is 11.5 Å². The zero-order valence-electron chi connectivity index (χ0n) is 19.4. The van der Waals surface area contributed by atoms with Crippen LogP contribution in [0.5, 0.6) is 0 Å². The van der Waals surface area contributed by atoms with Crippen molar-refractivity contribution in [1.82, 2.24) is 14.5 Å². The molecule has 1 aliphatic heterocycles. The molecule has 3 aromatic rings. The number of fused-ring (bicyclic) bond motifs is 1. The van der Waals surface area contributed by atoms with Crippen LogP contribution in [-0.4, -0.2) is 45.4 Å². The fraction of sp³-hybridized carbons (Fsp3) is 0.280. The number of primary amides is 1.